The number of rotatable bonds is 4. The average Bonchev–Trinajstić information content (AvgIpc) is 2.79. The van der Waals surface area contributed by atoms with Gasteiger partial charge in [-0.25, -0.2) is 9.59 Å². The van der Waals surface area contributed by atoms with Gasteiger partial charge in [-0.05, 0) is 48.2 Å². The molecular weight excluding hydrogens is 412 g/mol. The molecule has 4 rings (SSSR count). The molecule has 1 aliphatic heterocycles. The van der Waals surface area contributed by atoms with Crippen molar-refractivity contribution in [1.29, 1.82) is 0 Å². The summed E-state index contributed by atoms with van der Waals surface area (Å²) in [7, 11) is 0. The first-order chi connectivity index (χ1) is 15.1. The molecule has 0 bridgehead atoms. The third-order valence-corrected chi connectivity index (χ3v) is 5.75. The number of ether oxygens (including phenoxy) is 1. The van der Waals surface area contributed by atoms with Gasteiger partial charge in [-0.15, -0.1) is 0 Å². The molecule has 2 amide bonds. The number of halogens is 1. The highest BCUT2D eigenvalue weighted by molar-refractivity contribution is 6.31. The van der Waals surface area contributed by atoms with Gasteiger partial charge in [0.25, 0.3) is 0 Å². The van der Waals surface area contributed by atoms with E-state index >= 15 is 0 Å². The summed E-state index contributed by atoms with van der Waals surface area (Å²) in [4.78, 5) is 27.5. The Morgan fingerprint density at radius 1 is 1.00 bits per heavy atom. The lowest BCUT2D eigenvalue weighted by Gasteiger charge is -2.38. The lowest BCUT2D eigenvalue weighted by Crippen LogP contribution is -2.43. The molecule has 5 nitrogen and oxygen atoms in total. The maximum absolute atomic E-state index is 13.4. The van der Waals surface area contributed by atoms with E-state index in [9.17, 15) is 9.59 Å². The number of anilines is 1. The van der Waals surface area contributed by atoms with Gasteiger partial charge in [0, 0.05) is 11.6 Å². The Morgan fingerprint density at radius 2 is 1.68 bits per heavy atom. The normalized spacial score (nSPS) is 15.2. The molecule has 0 fully saturated rings. The number of nitrogens with one attached hydrogen (secondary N) is 1. The van der Waals surface area contributed by atoms with Gasteiger partial charge in [0.05, 0.1) is 23.9 Å². The zero-order valence-electron chi connectivity index (χ0n) is 17.2. The summed E-state index contributed by atoms with van der Waals surface area (Å²) < 4.78 is 5.13. The quantitative estimate of drug-likeness (QED) is 0.536. The minimum Gasteiger partial charge on any atom is -0.462 e. The third kappa shape index (κ3) is 4.28. The van der Waals surface area contributed by atoms with Crippen molar-refractivity contribution in [3.63, 3.8) is 0 Å². The van der Waals surface area contributed by atoms with Gasteiger partial charge in [-0.2, -0.15) is 0 Å². The van der Waals surface area contributed by atoms with Crippen molar-refractivity contribution in [3.8, 4) is 0 Å². The molecule has 3 aromatic rings. The van der Waals surface area contributed by atoms with E-state index in [2.05, 4.69) is 11.4 Å². The molecule has 158 valence electrons. The molecule has 0 aromatic heterocycles. The molecule has 0 radical (unpaired) electrons. The van der Waals surface area contributed by atoms with Gasteiger partial charge < -0.3 is 15.0 Å². The second-order valence-electron chi connectivity index (χ2n) is 7.26. The second-order valence-corrected chi connectivity index (χ2v) is 7.67. The summed E-state index contributed by atoms with van der Waals surface area (Å²) >= 11 is 6.54. The standard InChI is InChI=1S/C25H23ClN2O3/c1-2-31-24(29)20-12-6-8-14-22(20)27-25(30)28-16-15-17-9-3-4-10-18(17)23(28)19-11-5-7-13-21(19)26/h3-14,23H,2,15-16H2,1H3,(H,27,30)/t23-/m0/s1. The number of urea groups is 1. The van der Waals surface area contributed by atoms with Crippen molar-refractivity contribution >= 4 is 29.3 Å². The molecule has 0 aliphatic carbocycles. The van der Waals surface area contributed by atoms with Gasteiger partial charge >= 0.3 is 12.0 Å². The van der Waals surface area contributed by atoms with Crippen LogP contribution in [0.3, 0.4) is 0 Å². The van der Waals surface area contributed by atoms with E-state index in [4.69, 9.17) is 16.3 Å². The van der Waals surface area contributed by atoms with Crippen molar-refractivity contribution in [2.45, 2.75) is 19.4 Å². The van der Waals surface area contributed by atoms with Crippen LogP contribution in [0.15, 0.2) is 72.8 Å². The van der Waals surface area contributed by atoms with Crippen molar-refractivity contribution in [2.75, 3.05) is 18.5 Å². The molecule has 1 heterocycles. The number of hydrogen-bond donors (Lipinski definition) is 1. The largest absolute Gasteiger partial charge is 0.462 e. The van der Waals surface area contributed by atoms with Crippen LogP contribution in [0, 0.1) is 0 Å². The summed E-state index contributed by atoms with van der Waals surface area (Å²) in [5, 5.41) is 3.52. The van der Waals surface area contributed by atoms with Crippen molar-refractivity contribution < 1.29 is 14.3 Å². The van der Waals surface area contributed by atoms with E-state index in [0.717, 1.165) is 17.5 Å². The van der Waals surface area contributed by atoms with E-state index in [1.54, 1.807) is 36.1 Å². The number of para-hydroxylation sites is 1. The highest BCUT2D eigenvalue weighted by Crippen LogP contribution is 2.38. The van der Waals surface area contributed by atoms with Crippen LogP contribution >= 0.6 is 11.6 Å². The number of hydrogen-bond acceptors (Lipinski definition) is 3. The number of nitrogens with zero attached hydrogens (tertiary/aromatic N) is 1. The van der Waals surface area contributed by atoms with Crippen LogP contribution in [0.5, 0.6) is 0 Å². The van der Waals surface area contributed by atoms with Crippen LogP contribution in [0.2, 0.25) is 5.02 Å². The molecule has 1 aliphatic rings. The molecular formula is C25H23ClN2O3. The number of carbonyl (C=O) groups is 2. The minimum absolute atomic E-state index is 0.263. The van der Waals surface area contributed by atoms with E-state index in [0.29, 0.717) is 22.8 Å². The van der Waals surface area contributed by atoms with Crippen LogP contribution in [0.4, 0.5) is 10.5 Å². The first-order valence-corrected chi connectivity index (χ1v) is 10.6. The Morgan fingerprint density at radius 3 is 2.45 bits per heavy atom. The van der Waals surface area contributed by atoms with Crippen LogP contribution in [-0.2, 0) is 11.2 Å². The van der Waals surface area contributed by atoms with Gasteiger partial charge in [-0.1, -0.05) is 66.2 Å². The maximum atomic E-state index is 13.4. The molecule has 31 heavy (non-hydrogen) atoms. The van der Waals surface area contributed by atoms with Crippen molar-refractivity contribution in [1.82, 2.24) is 4.90 Å². The third-order valence-electron chi connectivity index (χ3n) is 5.41. The second kappa shape index (κ2) is 9.23. The van der Waals surface area contributed by atoms with E-state index in [1.807, 2.05) is 42.5 Å². The van der Waals surface area contributed by atoms with Gasteiger partial charge in [0.1, 0.15) is 0 Å². The van der Waals surface area contributed by atoms with Gasteiger partial charge in [0.15, 0.2) is 0 Å². The lowest BCUT2D eigenvalue weighted by molar-refractivity contribution is 0.0527. The number of esters is 1. The molecule has 6 heteroatoms. The fraction of sp³-hybridized carbons (Fsp3) is 0.200. The van der Waals surface area contributed by atoms with E-state index < -0.39 is 5.97 Å². The summed E-state index contributed by atoms with van der Waals surface area (Å²) in [6.07, 6.45) is 0.740. The molecule has 1 N–H and O–H groups in total. The SMILES string of the molecule is CCOC(=O)c1ccccc1NC(=O)N1CCc2ccccc2[C@H]1c1ccccc1Cl. The predicted octanol–water partition coefficient (Wildman–Crippen LogP) is 5.70. The first-order valence-electron chi connectivity index (χ1n) is 10.3. The molecule has 0 saturated carbocycles. The van der Waals surface area contributed by atoms with E-state index in [-0.39, 0.29) is 18.7 Å². The summed E-state index contributed by atoms with van der Waals surface area (Å²) in [6.45, 7) is 2.54. The fourth-order valence-corrected chi connectivity index (χ4v) is 4.22. The number of carbonyl (C=O) groups excluding carboxylic acids is 2. The number of benzene rings is 3. The van der Waals surface area contributed by atoms with Crippen molar-refractivity contribution in [3.05, 3.63) is 100 Å². The predicted molar refractivity (Wildman–Crippen MR) is 122 cm³/mol. The molecule has 0 unspecified atom stereocenters. The fourth-order valence-electron chi connectivity index (χ4n) is 3.98. The topological polar surface area (TPSA) is 58.6 Å². The number of fused-ring (bicyclic) bond motifs is 1. The summed E-state index contributed by atoms with van der Waals surface area (Å²) in [5.41, 5.74) is 3.86. The smallest absolute Gasteiger partial charge is 0.340 e. The first kappa shape index (κ1) is 20.9. The van der Waals surface area contributed by atoms with Crippen LogP contribution in [0.1, 0.15) is 40.0 Å². The summed E-state index contributed by atoms with van der Waals surface area (Å²) in [5.74, 6) is -0.468. The Bertz CT molecular complexity index is 1120. The van der Waals surface area contributed by atoms with Crippen molar-refractivity contribution in [2.24, 2.45) is 0 Å². The highest BCUT2D eigenvalue weighted by Gasteiger charge is 2.33. The Labute approximate surface area is 186 Å². The molecule has 3 aromatic carbocycles. The van der Waals surface area contributed by atoms with Gasteiger partial charge in [0.2, 0.25) is 0 Å². The van der Waals surface area contributed by atoms with E-state index in [1.165, 1.54) is 5.56 Å². The molecule has 1 atom stereocenters. The average molecular weight is 435 g/mol. The zero-order chi connectivity index (χ0) is 21.8. The van der Waals surface area contributed by atoms with Crippen LogP contribution in [0.25, 0.3) is 0 Å². The Balaban J connectivity index is 1.70. The monoisotopic (exact) mass is 434 g/mol. The molecule has 0 saturated heterocycles. The summed E-state index contributed by atoms with van der Waals surface area (Å²) in [6, 6.07) is 21.9. The van der Waals surface area contributed by atoms with Gasteiger partial charge in [-0.3, -0.25) is 0 Å². The minimum atomic E-state index is -0.468. The Hall–Kier alpha value is -3.31. The highest BCUT2D eigenvalue weighted by atomic mass is 35.5. The number of amides is 2. The zero-order valence-corrected chi connectivity index (χ0v) is 17.9. The molecule has 0 spiro atoms. The maximum Gasteiger partial charge on any atom is 0.340 e. The van der Waals surface area contributed by atoms with Crippen LogP contribution < -0.4 is 5.32 Å². The lowest BCUT2D eigenvalue weighted by atomic mass is 9.88. The Kier molecular flexibility index (Phi) is 6.23. The van der Waals surface area contributed by atoms with Crippen LogP contribution in [-0.4, -0.2) is 30.1 Å².